The molecule has 2 atom stereocenters. The third kappa shape index (κ3) is 5.06. The normalized spacial score (nSPS) is 13.2. The highest BCUT2D eigenvalue weighted by molar-refractivity contribution is 5.90. The molecule has 0 saturated carbocycles. The number of para-hydroxylation sites is 1. The number of primary amides is 1. The molecule has 2 unspecified atom stereocenters. The van der Waals surface area contributed by atoms with Gasteiger partial charge in [0.2, 0.25) is 5.89 Å². The summed E-state index contributed by atoms with van der Waals surface area (Å²) >= 11 is 0. The summed E-state index contributed by atoms with van der Waals surface area (Å²) in [4.78, 5) is 20.1. The summed E-state index contributed by atoms with van der Waals surface area (Å²) in [6, 6.07) is 13.3. The number of hydrogen-bond donors (Lipinski definition) is 2. The predicted molar refractivity (Wildman–Crippen MR) is 125 cm³/mol. The van der Waals surface area contributed by atoms with Crippen LogP contribution in [0.1, 0.15) is 48.8 Å². The van der Waals surface area contributed by atoms with E-state index in [-0.39, 0.29) is 11.7 Å². The average molecular weight is 449 g/mol. The Labute approximate surface area is 192 Å². The van der Waals surface area contributed by atoms with Gasteiger partial charge in [0.05, 0.1) is 25.1 Å². The van der Waals surface area contributed by atoms with Crippen LogP contribution in [0.2, 0.25) is 0 Å². The Morgan fingerprint density at radius 2 is 2.03 bits per heavy atom. The zero-order chi connectivity index (χ0) is 23.4. The molecule has 3 N–H and O–H groups in total. The van der Waals surface area contributed by atoms with Crippen molar-refractivity contribution in [3.63, 3.8) is 0 Å². The number of aliphatic hydroxyl groups is 1. The smallest absolute Gasteiger partial charge is 0.268 e. The van der Waals surface area contributed by atoms with Crippen molar-refractivity contribution < 1.29 is 19.1 Å². The maximum absolute atomic E-state index is 11.4. The lowest BCUT2D eigenvalue weighted by Gasteiger charge is -2.21. The zero-order valence-electron chi connectivity index (χ0n) is 18.8. The maximum Gasteiger partial charge on any atom is 0.268 e. The van der Waals surface area contributed by atoms with Gasteiger partial charge in [-0.1, -0.05) is 19.1 Å². The zero-order valence-corrected chi connectivity index (χ0v) is 18.8. The fourth-order valence-corrected chi connectivity index (χ4v) is 3.83. The molecule has 0 aliphatic rings. The van der Waals surface area contributed by atoms with Gasteiger partial charge in [-0.25, -0.2) is 9.97 Å². The number of imidazole rings is 1. The first-order valence-corrected chi connectivity index (χ1v) is 11.1. The second kappa shape index (κ2) is 9.87. The summed E-state index contributed by atoms with van der Waals surface area (Å²) in [5.41, 5.74) is 8.89. The Hall–Kier alpha value is -3.65. The number of fused-ring (bicyclic) bond motifs is 1. The van der Waals surface area contributed by atoms with Crippen LogP contribution in [0.5, 0.6) is 5.75 Å². The molecule has 0 bridgehead atoms. The van der Waals surface area contributed by atoms with E-state index >= 15 is 0 Å². The number of carbonyl (C=O) groups excluding carboxylic acids is 1. The number of amides is 1. The van der Waals surface area contributed by atoms with Crippen LogP contribution < -0.4 is 10.5 Å². The lowest BCUT2D eigenvalue weighted by molar-refractivity contribution is 0.0994. The number of nitrogens with two attached hydrogens (primary N) is 1. The van der Waals surface area contributed by atoms with Gasteiger partial charge in [-0.15, -0.1) is 0 Å². The molecule has 172 valence electrons. The first-order valence-electron chi connectivity index (χ1n) is 11.1. The molecular formula is C25H28N4O4. The number of ether oxygens (including phenoxy) is 1. The highest BCUT2D eigenvalue weighted by Gasteiger charge is 2.20. The van der Waals surface area contributed by atoms with Crippen LogP contribution in [-0.2, 0) is 6.42 Å². The third-order valence-electron chi connectivity index (χ3n) is 5.58. The minimum atomic E-state index is -0.638. The van der Waals surface area contributed by atoms with Crippen LogP contribution in [0.3, 0.4) is 0 Å². The minimum Gasteiger partial charge on any atom is -0.494 e. The van der Waals surface area contributed by atoms with Gasteiger partial charge in [0.15, 0.2) is 5.58 Å². The fraction of sp³-hybridized carbons (Fsp3) is 0.320. The van der Waals surface area contributed by atoms with Crippen molar-refractivity contribution in [2.45, 2.75) is 45.3 Å². The van der Waals surface area contributed by atoms with Gasteiger partial charge in [-0.2, -0.15) is 0 Å². The van der Waals surface area contributed by atoms with Crippen molar-refractivity contribution >= 4 is 17.0 Å². The molecular weight excluding hydrogens is 420 g/mol. The lowest BCUT2D eigenvalue weighted by Crippen LogP contribution is -2.21. The van der Waals surface area contributed by atoms with E-state index in [0.29, 0.717) is 30.9 Å². The number of aliphatic hydroxyl groups excluding tert-OH is 1. The number of aromatic nitrogens is 3. The molecule has 0 radical (unpaired) electrons. The largest absolute Gasteiger partial charge is 0.494 e. The Balaban J connectivity index is 1.54. The highest BCUT2D eigenvalue weighted by Crippen LogP contribution is 2.29. The second-order valence-corrected chi connectivity index (χ2v) is 8.07. The molecule has 2 aromatic heterocycles. The highest BCUT2D eigenvalue weighted by atomic mass is 16.5. The molecule has 2 heterocycles. The van der Waals surface area contributed by atoms with Crippen molar-refractivity contribution in [3.8, 4) is 17.2 Å². The molecule has 0 spiro atoms. The number of aryl methyl sites for hydroxylation is 1. The summed E-state index contributed by atoms with van der Waals surface area (Å²) in [6.07, 6.45) is 4.70. The number of hydrogen-bond acceptors (Lipinski definition) is 6. The molecule has 4 rings (SSSR count). The van der Waals surface area contributed by atoms with Gasteiger partial charge in [-0.3, -0.25) is 4.79 Å². The first kappa shape index (κ1) is 22.5. The summed E-state index contributed by atoms with van der Waals surface area (Å²) in [6.45, 7) is 4.47. The van der Waals surface area contributed by atoms with E-state index in [1.165, 1.54) is 6.33 Å². The number of carbonyl (C=O) groups is 1. The van der Waals surface area contributed by atoms with Crippen molar-refractivity contribution in [3.05, 3.63) is 66.2 Å². The molecule has 33 heavy (non-hydrogen) atoms. The van der Waals surface area contributed by atoms with Crippen LogP contribution in [0.4, 0.5) is 0 Å². The molecule has 1 amide bonds. The van der Waals surface area contributed by atoms with E-state index in [2.05, 4.69) is 11.9 Å². The first-order chi connectivity index (χ1) is 16.0. The van der Waals surface area contributed by atoms with E-state index in [1.54, 1.807) is 17.7 Å². The Kier molecular flexibility index (Phi) is 6.74. The summed E-state index contributed by atoms with van der Waals surface area (Å²) in [5, 5.41) is 10.3. The molecule has 2 aromatic carbocycles. The van der Waals surface area contributed by atoms with E-state index in [4.69, 9.17) is 19.9 Å². The van der Waals surface area contributed by atoms with Crippen LogP contribution in [0.15, 0.2) is 59.4 Å². The number of rotatable bonds is 10. The third-order valence-corrected chi connectivity index (χ3v) is 5.58. The van der Waals surface area contributed by atoms with Gasteiger partial charge >= 0.3 is 0 Å². The Bertz CT molecular complexity index is 1230. The van der Waals surface area contributed by atoms with Gasteiger partial charge in [0, 0.05) is 11.8 Å². The topological polar surface area (TPSA) is 116 Å². The van der Waals surface area contributed by atoms with E-state index in [0.717, 1.165) is 28.8 Å². The van der Waals surface area contributed by atoms with Crippen LogP contribution in [0.25, 0.3) is 22.6 Å². The van der Waals surface area contributed by atoms with Crippen LogP contribution in [-0.4, -0.2) is 38.3 Å². The maximum atomic E-state index is 11.4. The van der Waals surface area contributed by atoms with Crippen LogP contribution in [0, 0.1) is 0 Å². The minimum absolute atomic E-state index is 0.176. The molecule has 4 aromatic rings. The predicted octanol–water partition coefficient (Wildman–Crippen LogP) is 4.13. The number of benzene rings is 2. The van der Waals surface area contributed by atoms with E-state index < -0.39 is 12.0 Å². The monoisotopic (exact) mass is 448 g/mol. The van der Waals surface area contributed by atoms with Crippen molar-refractivity contribution in [1.29, 1.82) is 0 Å². The molecule has 8 nitrogen and oxygen atoms in total. The Morgan fingerprint density at radius 3 is 2.70 bits per heavy atom. The molecule has 0 saturated heterocycles. The quantitative estimate of drug-likeness (QED) is 0.377. The van der Waals surface area contributed by atoms with Crippen molar-refractivity contribution in [2.24, 2.45) is 5.73 Å². The number of oxazole rings is 1. The van der Waals surface area contributed by atoms with Crippen molar-refractivity contribution in [2.75, 3.05) is 6.61 Å². The Morgan fingerprint density at radius 1 is 1.24 bits per heavy atom. The summed E-state index contributed by atoms with van der Waals surface area (Å²) < 4.78 is 13.4. The molecule has 0 aliphatic carbocycles. The SMILES string of the molecule is CCCOc1ccc(-c2nc3c(CCC(C(C)O)n4cnc(C(N)=O)c4)cccc3o2)cc1. The lowest BCUT2D eigenvalue weighted by atomic mass is 10.0. The molecule has 0 aliphatic heterocycles. The molecule has 8 heteroatoms. The van der Waals surface area contributed by atoms with Gasteiger partial charge < -0.3 is 24.6 Å². The summed E-state index contributed by atoms with van der Waals surface area (Å²) in [7, 11) is 0. The van der Waals surface area contributed by atoms with Gasteiger partial charge in [0.25, 0.3) is 5.91 Å². The van der Waals surface area contributed by atoms with Crippen molar-refractivity contribution in [1.82, 2.24) is 14.5 Å². The standard InChI is InChI=1S/C25H28N4O4/c1-3-13-32-19-10-7-18(8-11-19)25-28-23-17(5-4-6-22(23)33-25)9-12-21(16(2)30)29-14-20(24(26)31)27-15-29/h4-8,10-11,14-16,21,30H,3,9,12-13H2,1-2H3,(H2,26,31). The van der Waals surface area contributed by atoms with E-state index in [1.807, 2.05) is 42.5 Å². The average Bonchev–Trinajstić information content (AvgIpc) is 3.46. The van der Waals surface area contributed by atoms with Gasteiger partial charge in [0.1, 0.15) is 17.0 Å². The fourth-order valence-electron chi connectivity index (χ4n) is 3.83. The van der Waals surface area contributed by atoms with Crippen LogP contribution >= 0.6 is 0 Å². The van der Waals surface area contributed by atoms with Gasteiger partial charge in [-0.05, 0) is 62.1 Å². The second-order valence-electron chi connectivity index (χ2n) is 8.07. The summed E-state index contributed by atoms with van der Waals surface area (Å²) in [5.74, 6) is 0.774. The number of nitrogens with zero attached hydrogens (tertiary/aromatic N) is 3. The van der Waals surface area contributed by atoms with E-state index in [9.17, 15) is 9.90 Å². The molecule has 0 fully saturated rings.